The van der Waals surface area contributed by atoms with Gasteiger partial charge in [0.1, 0.15) is 0 Å². The number of rotatable bonds is 43. The van der Waals surface area contributed by atoms with Crippen LogP contribution in [0.25, 0.3) is 0 Å². The van der Waals surface area contributed by atoms with Crippen molar-refractivity contribution in [1.29, 1.82) is 0 Å². The van der Waals surface area contributed by atoms with Crippen molar-refractivity contribution in [3.63, 3.8) is 0 Å². The number of hydrogen-bond acceptors (Lipinski definition) is 13. The number of ether oxygens (including phenoxy) is 12. The van der Waals surface area contributed by atoms with Crippen molar-refractivity contribution >= 4 is 8.32 Å². The molecule has 0 bridgehead atoms. The highest BCUT2D eigenvalue weighted by atomic mass is 28.4. The van der Waals surface area contributed by atoms with Gasteiger partial charge >= 0.3 is 0 Å². The Kier molecular flexibility index (Phi) is 39.2. The molecule has 0 aromatic carbocycles. The molecular weight excluding hydrogens is 680 g/mol. The summed E-state index contributed by atoms with van der Waals surface area (Å²) in [7, 11) is -1.70. The highest BCUT2D eigenvalue weighted by Gasteiger charge is 2.36. The van der Waals surface area contributed by atoms with E-state index in [-0.39, 0.29) is 5.04 Å². The van der Waals surface area contributed by atoms with E-state index in [0.29, 0.717) is 159 Å². The highest BCUT2D eigenvalue weighted by Crippen LogP contribution is 2.36. The first-order valence-electron chi connectivity index (χ1n) is 19.4. The fourth-order valence-electron chi connectivity index (χ4n) is 3.90. The molecule has 14 heteroatoms. The van der Waals surface area contributed by atoms with Crippen LogP contribution in [0, 0.1) is 0 Å². The van der Waals surface area contributed by atoms with Crippen molar-refractivity contribution in [3.8, 4) is 0 Å². The zero-order chi connectivity index (χ0) is 37.4. The van der Waals surface area contributed by atoms with Crippen molar-refractivity contribution in [2.75, 3.05) is 165 Å². The summed E-state index contributed by atoms with van der Waals surface area (Å²) in [6.45, 7) is 27.3. The van der Waals surface area contributed by atoms with Gasteiger partial charge < -0.3 is 61.3 Å². The van der Waals surface area contributed by atoms with Gasteiger partial charge in [-0.3, -0.25) is 0 Å². The molecule has 0 unspecified atom stereocenters. The maximum Gasteiger partial charge on any atom is 0.192 e. The largest absolute Gasteiger partial charge is 0.414 e. The third-order valence-electron chi connectivity index (χ3n) is 7.98. The summed E-state index contributed by atoms with van der Waals surface area (Å²) < 4.78 is 72.3. The van der Waals surface area contributed by atoms with E-state index >= 15 is 0 Å². The van der Waals surface area contributed by atoms with Gasteiger partial charge in [0.15, 0.2) is 8.32 Å². The number of unbranched alkanes of at least 4 members (excludes halogenated alkanes) is 4. The standard InChI is InChI=1S/C37H78O13Si/c1-7-8-9-10-11-12-38-13-14-39-15-16-40-17-18-41-19-20-42-21-22-43-23-24-44-25-26-45-27-28-46-29-30-47-31-32-48-33-34-49-35-36-50-51(5,6)37(2,3)4/h7-36H2,1-6H3. The zero-order valence-corrected chi connectivity index (χ0v) is 34.5. The van der Waals surface area contributed by atoms with E-state index in [1.165, 1.54) is 25.7 Å². The quantitative estimate of drug-likeness (QED) is 0.0601. The van der Waals surface area contributed by atoms with Crippen LogP contribution >= 0.6 is 0 Å². The van der Waals surface area contributed by atoms with E-state index in [2.05, 4.69) is 40.8 Å². The van der Waals surface area contributed by atoms with Crippen molar-refractivity contribution in [3.05, 3.63) is 0 Å². The third-order valence-corrected chi connectivity index (χ3v) is 12.5. The molecule has 308 valence electrons. The molecule has 0 amide bonds. The average molecular weight is 759 g/mol. The summed E-state index contributed by atoms with van der Waals surface area (Å²) in [5.41, 5.74) is 0. The van der Waals surface area contributed by atoms with Crippen LogP contribution in [0.5, 0.6) is 0 Å². The molecule has 0 aliphatic carbocycles. The minimum atomic E-state index is -1.70. The van der Waals surface area contributed by atoms with E-state index in [1.807, 2.05) is 0 Å². The molecule has 0 N–H and O–H groups in total. The summed E-state index contributed by atoms with van der Waals surface area (Å²) in [5, 5.41) is 0.217. The van der Waals surface area contributed by atoms with Gasteiger partial charge in [0, 0.05) is 6.61 Å². The molecule has 0 rings (SSSR count). The van der Waals surface area contributed by atoms with Gasteiger partial charge in [0.2, 0.25) is 0 Å². The van der Waals surface area contributed by atoms with E-state index < -0.39 is 8.32 Å². The predicted octanol–water partition coefficient (Wildman–Crippen LogP) is 5.18. The maximum absolute atomic E-state index is 6.08. The van der Waals surface area contributed by atoms with Crippen LogP contribution in [0.3, 0.4) is 0 Å². The monoisotopic (exact) mass is 759 g/mol. The molecule has 0 aliphatic rings. The molecule has 0 atom stereocenters. The maximum atomic E-state index is 6.08. The normalized spacial score (nSPS) is 12.4. The van der Waals surface area contributed by atoms with Gasteiger partial charge in [-0.1, -0.05) is 53.4 Å². The Morgan fingerprint density at radius 1 is 0.294 bits per heavy atom. The zero-order valence-electron chi connectivity index (χ0n) is 33.5. The molecular formula is C37H78O13Si. The van der Waals surface area contributed by atoms with Gasteiger partial charge in [-0.2, -0.15) is 0 Å². The van der Waals surface area contributed by atoms with Crippen LogP contribution in [0.4, 0.5) is 0 Å². The molecule has 0 fully saturated rings. The molecule has 0 aliphatic heterocycles. The van der Waals surface area contributed by atoms with Crippen LogP contribution in [0.2, 0.25) is 18.1 Å². The van der Waals surface area contributed by atoms with Gasteiger partial charge in [-0.05, 0) is 24.6 Å². The van der Waals surface area contributed by atoms with Crippen LogP contribution < -0.4 is 0 Å². The molecule has 0 saturated heterocycles. The molecule has 0 spiro atoms. The average Bonchev–Trinajstić information content (AvgIpc) is 3.10. The SMILES string of the molecule is CCCCCCCOCCOCCOCCOCCOCCOCCOCCOCCOCCOCCOCCOCCO[Si](C)(C)C(C)(C)C. The number of hydrogen-bond donors (Lipinski definition) is 0. The molecule has 0 saturated carbocycles. The third kappa shape index (κ3) is 39.2. The Hall–Kier alpha value is -0.303. The highest BCUT2D eigenvalue weighted by molar-refractivity contribution is 6.74. The fraction of sp³-hybridized carbons (Fsp3) is 1.00. The minimum Gasteiger partial charge on any atom is -0.414 e. The van der Waals surface area contributed by atoms with Crippen molar-refractivity contribution in [2.24, 2.45) is 0 Å². The Balaban J connectivity index is 3.11. The molecule has 0 heterocycles. The van der Waals surface area contributed by atoms with E-state index in [4.69, 9.17) is 61.3 Å². The molecule has 51 heavy (non-hydrogen) atoms. The lowest BCUT2D eigenvalue weighted by molar-refractivity contribution is -0.0285. The predicted molar refractivity (Wildman–Crippen MR) is 202 cm³/mol. The Morgan fingerprint density at radius 3 is 0.745 bits per heavy atom. The van der Waals surface area contributed by atoms with E-state index in [9.17, 15) is 0 Å². The topological polar surface area (TPSA) is 120 Å². The Labute approximate surface area is 312 Å². The van der Waals surface area contributed by atoms with Crippen LogP contribution in [-0.2, 0) is 61.3 Å². The molecule has 0 aromatic heterocycles. The summed E-state index contributed by atoms with van der Waals surface area (Å²) in [5.74, 6) is 0. The summed E-state index contributed by atoms with van der Waals surface area (Å²) in [6.07, 6.45) is 6.28. The van der Waals surface area contributed by atoms with Gasteiger partial charge in [0.05, 0.1) is 159 Å². The first kappa shape index (κ1) is 50.7. The van der Waals surface area contributed by atoms with Crippen molar-refractivity contribution < 1.29 is 61.3 Å². The summed E-state index contributed by atoms with van der Waals surface area (Å²) in [6, 6.07) is 0. The fourth-order valence-corrected chi connectivity index (χ4v) is 4.93. The minimum absolute atomic E-state index is 0.217. The molecule has 13 nitrogen and oxygen atoms in total. The molecule has 0 aromatic rings. The lowest BCUT2D eigenvalue weighted by Crippen LogP contribution is -2.41. The van der Waals surface area contributed by atoms with Gasteiger partial charge in [-0.25, -0.2) is 0 Å². The van der Waals surface area contributed by atoms with Gasteiger partial charge in [-0.15, -0.1) is 0 Å². The van der Waals surface area contributed by atoms with Crippen LogP contribution in [0.15, 0.2) is 0 Å². The van der Waals surface area contributed by atoms with Crippen molar-refractivity contribution in [2.45, 2.75) is 77.9 Å². The Bertz CT molecular complexity index is 671. The second-order valence-electron chi connectivity index (χ2n) is 13.4. The smallest absolute Gasteiger partial charge is 0.192 e. The lowest BCUT2D eigenvalue weighted by atomic mass is 10.2. The van der Waals surface area contributed by atoms with Crippen LogP contribution in [-0.4, -0.2) is 173 Å². The Morgan fingerprint density at radius 2 is 0.510 bits per heavy atom. The van der Waals surface area contributed by atoms with Crippen LogP contribution in [0.1, 0.15) is 59.8 Å². The summed E-state index contributed by atoms with van der Waals surface area (Å²) in [4.78, 5) is 0. The van der Waals surface area contributed by atoms with Gasteiger partial charge in [0.25, 0.3) is 0 Å². The second kappa shape index (κ2) is 39.4. The molecule has 0 radical (unpaired) electrons. The second-order valence-corrected chi connectivity index (χ2v) is 18.2. The first-order valence-corrected chi connectivity index (χ1v) is 22.3. The first-order chi connectivity index (χ1) is 24.8. The van der Waals surface area contributed by atoms with E-state index in [1.54, 1.807) is 0 Å². The summed E-state index contributed by atoms with van der Waals surface area (Å²) >= 11 is 0. The van der Waals surface area contributed by atoms with E-state index in [0.717, 1.165) is 13.0 Å². The van der Waals surface area contributed by atoms with Crippen molar-refractivity contribution in [1.82, 2.24) is 0 Å². The lowest BCUT2D eigenvalue weighted by Gasteiger charge is -2.36.